The highest BCUT2D eigenvalue weighted by Crippen LogP contribution is 2.24. The number of anilines is 1. The molecule has 6 nitrogen and oxygen atoms in total. The Morgan fingerprint density at radius 2 is 1.96 bits per heavy atom. The molecule has 0 radical (unpaired) electrons. The van der Waals surface area contributed by atoms with Gasteiger partial charge in [0.15, 0.2) is 0 Å². The van der Waals surface area contributed by atoms with Crippen molar-refractivity contribution in [2.24, 2.45) is 0 Å². The molecule has 2 aromatic rings. The number of furan rings is 1. The molecule has 7 heteroatoms. The molecule has 1 aliphatic rings. The van der Waals surface area contributed by atoms with Crippen molar-refractivity contribution in [3.8, 4) is 0 Å². The van der Waals surface area contributed by atoms with Crippen LogP contribution in [0.1, 0.15) is 11.5 Å². The van der Waals surface area contributed by atoms with Gasteiger partial charge in [0.25, 0.3) is 11.8 Å². The van der Waals surface area contributed by atoms with Crippen molar-refractivity contribution < 1.29 is 18.8 Å². The molecule has 0 saturated carbocycles. The van der Waals surface area contributed by atoms with E-state index in [0.29, 0.717) is 21.7 Å². The van der Waals surface area contributed by atoms with E-state index in [0.717, 1.165) is 4.90 Å². The Bertz CT molecular complexity index is 853. The zero-order valence-electron chi connectivity index (χ0n) is 12.0. The first kappa shape index (κ1) is 15.2. The Labute approximate surface area is 139 Å². The van der Waals surface area contributed by atoms with E-state index in [1.165, 1.54) is 6.08 Å². The molecule has 0 bridgehead atoms. The highest BCUT2D eigenvalue weighted by Gasteiger charge is 2.37. The molecule has 1 N–H and O–H groups in total. The molecule has 0 unspecified atom stereocenters. The zero-order chi connectivity index (χ0) is 16.6. The highest BCUT2D eigenvalue weighted by atomic mass is 79.9. The third kappa shape index (κ3) is 2.95. The minimum absolute atomic E-state index is 0.168. The van der Waals surface area contributed by atoms with Crippen molar-refractivity contribution in [3.63, 3.8) is 0 Å². The third-order valence-corrected chi connectivity index (χ3v) is 3.71. The number of urea groups is 1. The minimum atomic E-state index is -0.786. The molecule has 0 spiro atoms. The Kier molecular flexibility index (Phi) is 3.87. The first-order valence-corrected chi connectivity index (χ1v) is 7.48. The van der Waals surface area contributed by atoms with E-state index in [4.69, 9.17) is 4.42 Å². The van der Waals surface area contributed by atoms with Gasteiger partial charge in [-0.1, -0.05) is 22.0 Å². The number of aryl methyl sites for hydroxylation is 1. The summed E-state index contributed by atoms with van der Waals surface area (Å²) in [5, 5.41) is 2.16. The van der Waals surface area contributed by atoms with Gasteiger partial charge in [0.1, 0.15) is 17.1 Å². The fraction of sp³-hybridized carbons (Fsp3) is 0.0625. The number of nitrogens with one attached hydrogen (secondary N) is 1. The Hall–Kier alpha value is -2.67. The van der Waals surface area contributed by atoms with E-state index in [9.17, 15) is 14.4 Å². The number of benzene rings is 1. The number of imide groups is 2. The molecule has 0 aliphatic carbocycles. The molecule has 3 rings (SSSR count). The quantitative estimate of drug-likeness (QED) is 0.647. The molecule has 1 aliphatic heterocycles. The summed E-state index contributed by atoms with van der Waals surface area (Å²) in [5.41, 5.74) is 0.190. The summed E-state index contributed by atoms with van der Waals surface area (Å²) in [6, 6.07) is 9.25. The van der Waals surface area contributed by atoms with E-state index in [-0.39, 0.29) is 5.57 Å². The molecule has 1 aromatic carbocycles. The molecule has 2 heterocycles. The largest absolute Gasteiger partial charge is 0.462 e. The van der Waals surface area contributed by atoms with Gasteiger partial charge in [-0.15, -0.1) is 0 Å². The first-order valence-electron chi connectivity index (χ1n) is 6.69. The van der Waals surface area contributed by atoms with Crippen molar-refractivity contribution in [1.29, 1.82) is 0 Å². The van der Waals surface area contributed by atoms with Gasteiger partial charge in [-0.3, -0.25) is 14.9 Å². The number of carbonyl (C=O) groups excluding carboxylic acids is 3. The second kappa shape index (κ2) is 5.85. The fourth-order valence-electron chi connectivity index (χ4n) is 2.18. The topological polar surface area (TPSA) is 79.6 Å². The SMILES string of the molecule is Cc1ccc(/C=C2/C(=O)NC(=O)N(c3cccc(Br)c3)C2=O)o1. The standard InChI is InChI=1S/C16H11BrN2O4/c1-9-5-6-12(23-9)8-13-14(20)18-16(22)19(15(13)21)11-4-2-3-10(17)7-11/h2-8H,1H3,(H,18,20,22)/b13-8-. The van der Waals surface area contributed by atoms with Crippen LogP contribution >= 0.6 is 15.9 Å². The van der Waals surface area contributed by atoms with Crippen LogP contribution in [-0.2, 0) is 9.59 Å². The van der Waals surface area contributed by atoms with Gasteiger partial charge in [-0.25, -0.2) is 9.69 Å². The van der Waals surface area contributed by atoms with E-state index in [1.54, 1.807) is 43.3 Å². The molecular formula is C16H11BrN2O4. The van der Waals surface area contributed by atoms with Crippen molar-refractivity contribution >= 4 is 45.5 Å². The van der Waals surface area contributed by atoms with Crippen molar-refractivity contribution in [2.45, 2.75) is 6.92 Å². The molecule has 4 amide bonds. The summed E-state index contributed by atoms with van der Waals surface area (Å²) >= 11 is 3.29. The maximum atomic E-state index is 12.6. The lowest BCUT2D eigenvalue weighted by molar-refractivity contribution is -0.122. The molecule has 0 atom stereocenters. The Morgan fingerprint density at radius 3 is 2.61 bits per heavy atom. The highest BCUT2D eigenvalue weighted by molar-refractivity contribution is 9.10. The van der Waals surface area contributed by atoms with Gasteiger partial charge in [0.2, 0.25) is 0 Å². The normalized spacial score (nSPS) is 16.9. The van der Waals surface area contributed by atoms with Gasteiger partial charge < -0.3 is 4.42 Å². The van der Waals surface area contributed by atoms with Gasteiger partial charge in [0.05, 0.1) is 5.69 Å². The summed E-state index contributed by atoms with van der Waals surface area (Å²) in [6.07, 6.45) is 1.32. The molecule has 1 saturated heterocycles. The van der Waals surface area contributed by atoms with Crippen LogP contribution in [0.25, 0.3) is 6.08 Å². The summed E-state index contributed by atoms with van der Waals surface area (Å²) in [6.45, 7) is 1.75. The summed E-state index contributed by atoms with van der Waals surface area (Å²) < 4.78 is 6.06. The second-order valence-electron chi connectivity index (χ2n) is 4.89. The monoisotopic (exact) mass is 374 g/mol. The van der Waals surface area contributed by atoms with E-state index in [1.807, 2.05) is 0 Å². The number of nitrogens with zero attached hydrogens (tertiary/aromatic N) is 1. The third-order valence-electron chi connectivity index (χ3n) is 3.22. The first-order chi connectivity index (χ1) is 11.0. The molecule has 1 aromatic heterocycles. The average molecular weight is 375 g/mol. The van der Waals surface area contributed by atoms with Gasteiger partial charge >= 0.3 is 6.03 Å². The lowest BCUT2D eigenvalue weighted by Gasteiger charge is -2.26. The maximum absolute atomic E-state index is 12.6. The number of carbonyl (C=O) groups is 3. The molecular weight excluding hydrogens is 364 g/mol. The number of halogens is 1. The van der Waals surface area contributed by atoms with Crippen molar-refractivity contribution in [3.05, 3.63) is 58.0 Å². The van der Waals surface area contributed by atoms with E-state index < -0.39 is 17.8 Å². The summed E-state index contributed by atoms with van der Waals surface area (Å²) in [5.74, 6) is -0.434. The predicted octanol–water partition coefficient (Wildman–Crippen LogP) is 3.02. The van der Waals surface area contributed by atoms with Gasteiger partial charge in [-0.2, -0.15) is 0 Å². The van der Waals surface area contributed by atoms with Crippen molar-refractivity contribution in [1.82, 2.24) is 5.32 Å². The number of amides is 4. The number of hydrogen-bond acceptors (Lipinski definition) is 4. The van der Waals surface area contributed by atoms with Crippen LogP contribution < -0.4 is 10.2 Å². The lowest BCUT2D eigenvalue weighted by Crippen LogP contribution is -2.54. The summed E-state index contributed by atoms with van der Waals surface area (Å²) in [4.78, 5) is 37.5. The van der Waals surface area contributed by atoms with Crippen LogP contribution in [0.5, 0.6) is 0 Å². The fourth-order valence-corrected chi connectivity index (χ4v) is 2.57. The molecule has 1 fully saturated rings. The molecule has 116 valence electrons. The van der Waals surface area contributed by atoms with Crippen LogP contribution in [-0.4, -0.2) is 17.8 Å². The summed E-state index contributed by atoms with van der Waals surface area (Å²) in [7, 11) is 0. The maximum Gasteiger partial charge on any atom is 0.335 e. The average Bonchev–Trinajstić information content (AvgIpc) is 2.89. The van der Waals surface area contributed by atoms with Crippen molar-refractivity contribution in [2.75, 3.05) is 4.90 Å². The van der Waals surface area contributed by atoms with Crippen LogP contribution in [0, 0.1) is 6.92 Å². The Morgan fingerprint density at radius 1 is 1.17 bits per heavy atom. The van der Waals surface area contributed by atoms with E-state index in [2.05, 4.69) is 21.2 Å². The van der Waals surface area contributed by atoms with Crippen LogP contribution in [0.15, 0.2) is 50.9 Å². The number of hydrogen-bond donors (Lipinski definition) is 1. The predicted molar refractivity (Wildman–Crippen MR) is 86.6 cm³/mol. The van der Waals surface area contributed by atoms with E-state index >= 15 is 0 Å². The second-order valence-corrected chi connectivity index (χ2v) is 5.80. The van der Waals surface area contributed by atoms with Gasteiger partial charge in [0, 0.05) is 4.47 Å². The number of rotatable bonds is 2. The number of barbiturate groups is 1. The zero-order valence-corrected chi connectivity index (χ0v) is 13.6. The Balaban J connectivity index is 2.02. The van der Waals surface area contributed by atoms with Crippen LogP contribution in [0.2, 0.25) is 0 Å². The van der Waals surface area contributed by atoms with Crippen LogP contribution in [0.3, 0.4) is 0 Å². The lowest BCUT2D eigenvalue weighted by atomic mass is 10.1. The minimum Gasteiger partial charge on any atom is -0.462 e. The van der Waals surface area contributed by atoms with Crippen LogP contribution in [0.4, 0.5) is 10.5 Å². The van der Waals surface area contributed by atoms with Gasteiger partial charge in [-0.05, 0) is 43.3 Å². The smallest absolute Gasteiger partial charge is 0.335 e. The molecule has 23 heavy (non-hydrogen) atoms.